The van der Waals surface area contributed by atoms with Gasteiger partial charge in [0.25, 0.3) is 11.8 Å². The average molecular weight is 493 g/mol. The van der Waals surface area contributed by atoms with E-state index in [2.05, 4.69) is 5.32 Å². The molecule has 2 amide bonds. The number of benzene rings is 4. The van der Waals surface area contributed by atoms with Crippen molar-refractivity contribution < 1.29 is 19.1 Å². The van der Waals surface area contributed by atoms with Crippen molar-refractivity contribution in [1.29, 1.82) is 0 Å². The Morgan fingerprint density at radius 1 is 0.667 bits per heavy atom. The standard InChI is InChI=1S/C29H20N2O4S/c32-27-26(19-20-8-7-13-25(18-20)35-23-11-5-2-6-12-23)28(33)31(29(36)30-27)21-14-16-24(17-15-21)34-22-9-3-1-4-10-22/h1-19H,(H,30,32,36)/b26-19+. The van der Waals surface area contributed by atoms with Crippen molar-refractivity contribution in [2.75, 3.05) is 4.90 Å². The number of rotatable bonds is 6. The van der Waals surface area contributed by atoms with Gasteiger partial charge in [0, 0.05) is 0 Å². The van der Waals surface area contributed by atoms with Gasteiger partial charge in [-0.2, -0.15) is 0 Å². The second-order valence-electron chi connectivity index (χ2n) is 7.85. The van der Waals surface area contributed by atoms with E-state index in [0.29, 0.717) is 34.2 Å². The second kappa shape index (κ2) is 10.2. The quantitative estimate of drug-likeness (QED) is 0.200. The van der Waals surface area contributed by atoms with E-state index in [0.717, 1.165) is 0 Å². The molecule has 1 fully saturated rings. The molecule has 0 radical (unpaired) electrons. The highest BCUT2D eigenvalue weighted by molar-refractivity contribution is 7.80. The monoisotopic (exact) mass is 492 g/mol. The van der Waals surface area contributed by atoms with Gasteiger partial charge < -0.3 is 9.47 Å². The molecule has 0 aromatic heterocycles. The zero-order chi connectivity index (χ0) is 24.9. The van der Waals surface area contributed by atoms with Gasteiger partial charge in [0.1, 0.15) is 28.6 Å². The van der Waals surface area contributed by atoms with E-state index in [1.807, 2.05) is 60.7 Å². The van der Waals surface area contributed by atoms with Crippen molar-refractivity contribution >= 4 is 40.9 Å². The van der Waals surface area contributed by atoms with Crippen LogP contribution in [0.25, 0.3) is 6.08 Å². The number of amides is 2. The molecule has 4 aromatic carbocycles. The summed E-state index contributed by atoms with van der Waals surface area (Å²) in [5.74, 6) is 1.50. The smallest absolute Gasteiger partial charge is 0.270 e. The molecule has 1 N–H and O–H groups in total. The van der Waals surface area contributed by atoms with Crippen molar-refractivity contribution in [2.24, 2.45) is 0 Å². The second-order valence-corrected chi connectivity index (χ2v) is 8.24. The van der Waals surface area contributed by atoms with Crippen molar-refractivity contribution in [3.63, 3.8) is 0 Å². The number of hydrogen-bond acceptors (Lipinski definition) is 5. The highest BCUT2D eigenvalue weighted by Crippen LogP contribution is 2.28. The maximum absolute atomic E-state index is 13.3. The lowest BCUT2D eigenvalue weighted by molar-refractivity contribution is -0.122. The zero-order valence-electron chi connectivity index (χ0n) is 19.0. The number of nitrogens with zero attached hydrogens (tertiary/aromatic N) is 1. The minimum absolute atomic E-state index is 0.0139. The number of anilines is 1. The van der Waals surface area contributed by atoms with Crippen LogP contribution in [0.5, 0.6) is 23.0 Å². The van der Waals surface area contributed by atoms with Crippen LogP contribution in [-0.4, -0.2) is 16.9 Å². The van der Waals surface area contributed by atoms with E-state index in [4.69, 9.17) is 21.7 Å². The normalized spacial score (nSPS) is 14.5. The molecular weight excluding hydrogens is 472 g/mol. The van der Waals surface area contributed by atoms with E-state index in [1.54, 1.807) is 48.5 Å². The molecular formula is C29H20N2O4S. The van der Waals surface area contributed by atoms with Gasteiger partial charge in [-0.25, -0.2) is 0 Å². The molecule has 0 unspecified atom stereocenters. The SMILES string of the molecule is O=C1NC(=S)N(c2ccc(Oc3ccccc3)cc2)C(=O)/C1=C/c1cccc(Oc2ccccc2)c1. The Morgan fingerprint density at radius 3 is 1.86 bits per heavy atom. The largest absolute Gasteiger partial charge is 0.457 e. The van der Waals surface area contributed by atoms with E-state index in [9.17, 15) is 9.59 Å². The molecule has 0 atom stereocenters. The summed E-state index contributed by atoms with van der Waals surface area (Å²) in [5, 5.41) is 2.62. The molecule has 4 aromatic rings. The summed E-state index contributed by atoms with van der Waals surface area (Å²) in [6.07, 6.45) is 1.52. The van der Waals surface area contributed by atoms with E-state index < -0.39 is 11.8 Å². The Kier molecular flexibility index (Phi) is 6.55. The number of hydrogen-bond donors (Lipinski definition) is 1. The first kappa shape index (κ1) is 23.0. The van der Waals surface area contributed by atoms with Crippen LogP contribution in [0.4, 0.5) is 5.69 Å². The number of carbonyl (C=O) groups is 2. The van der Waals surface area contributed by atoms with Crippen molar-refractivity contribution in [2.45, 2.75) is 0 Å². The van der Waals surface area contributed by atoms with Gasteiger partial charge in [-0.1, -0.05) is 48.5 Å². The van der Waals surface area contributed by atoms with E-state index in [-0.39, 0.29) is 10.7 Å². The van der Waals surface area contributed by atoms with Crippen LogP contribution < -0.4 is 19.7 Å². The molecule has 1 aliphatic rings. The predicted molar refractivity (Wildman–Crippen MR) is 142 cm³/mol. The molecule has 176 valence electrons. The van der Waals surface area contributed by atoms with Gasteiger partial charge in [0.15, 0.2) is 5.11 Å². The first-order valence-corrected chi connectivity index (χ1v) is 11.5. The zero-order valence-corrected chi connectivity index (χ0v) is 19.8. The molecule has 0 saturated carbocycles. The van der Waals surface area contributed by atoms with Crippen molar-refractivity contribution in [3.05, 3.63) is 120 Å². The molecule has 7 heteroatoms. The third kappa shape index (κ3) is 5.16. The summed E-state index contributed by atoms with van der Waals surface area (Å²) in [6, 6.07) is 32.8. The topological polar surface area (TPSA) is 67.9 Å². The first-order chi connectivity index (χ1) is 17.6. The lowest BCUT2D eigenvalue weighted by Crippen LogP contribution is -2.54. The Hall–Kier alpha value is -4.75. The molecule has 5 rings (SSSR count). The predicted octanol–water partition coefficient (Wildman–Crippen LogP) is 6.10. The van der Waals surface area contributed by atoms with Crippen LogP contribution in [0, 0.1) is 0 Å². The molecule has 0 spiro atoms. The number of thiocarbonyl (C=S) groups is 1. The van der Waals surface area contributed by atoms with Crippen molar-refractivity contribution in [1.82, 2.24) is 5.32 Å². The number of nitrogens with one attached hydrogen (secondary N) is 1. The highest BCUT2D eigenvalue weighted by atomic mass is 32.1. The maximum atomic E-state index is 13.3. The lowest BCUT2D eigenvalue weighted by atomic mass is 10.1. The number of ether oxygens (including phenoxy) is 2. The van der Waals surface area contributed by atoms with Gasteiger partial charge in [-0.05, 0) is 84.5 Å². The fourth-order valence-electron chi connectivity index (χ4n) is 3.64. The molecule has 36 heavy (non-hydrogen) atoms. The van der Waals surface area contributed by atoms with Crippen LogP contribution in [0.15, 0.2) is 115 Å². The minimum atomic E-state index is -0.556. The van der Waals surface area contributed by atoms with Gasteiger partial charge in [-0.15, -0.1) is 0 Å². The summed E-state index contributed by atoms with van der Waals surface area (Å²) >= 11 is 5.31. The van der Waals surface area contributed by atoms with E-state index in [1.165, 1.54) is 11.0 Å². The summed E-state index contributed by atoms with van der Waals surface area (Å²) < 4.78 is 11.7. The Bertz CT molecular complexity index is 1450. The van der Waals surface area contributed by atoms with Gasteiger partial charge in [0.2, 0.25) is 0 Å². The molecule has 1 aliphatic heterocycles. The van der Waals surface area contributed by atoms with Crippen LogP contribution >= 0.6 is 12.2 Å². The average Bonchev–Trinajstić information content (AvgIpc) is 2.89. The fraction of sp³-hybridized carbons (Fsp3) is 0. The Balaban J connectivity index is 1.38. The highest BCUT2D eigenvalue weighted by Gasteiger charge is 2.34. The summed E-state index contributed by atoms with van der Waals surface area (Å²) in [4.78, 5) is 27.3. The van der Waals surface area contributed by atoms with Gasteiger partial charge >= 0.3 is 0 Å². The lowest BCUT2D eigenvalue weighted by Gasteiger charge is -2.29. The van der Waals surface area contributed by atoms with Crippen LogP contribution in [-0.2, 0) is 9.59 Å². The van der Waals surface area contributed by atoms with Gasteiger partial charge in [-0.3, -0.25) is 19.8 Å². The fourth-order valence-corrected chi connectivity index (χ4v) is 3.92. The van der Waals surface area contributed by atoms with Crippen LogP contribution in [0.1, 0.15) is 5.56 Å². The van der Waals surface area contributed by atoms with Crippen molar-refractivity contribution in [3.8, 4) is 23.0 Å². The van der Waals surface area contributed by atoms with Crippen LogP contribution in [0.2, 0.25) is 0 Å². The summed E-state index contributed by atoms with van der Waals surface area (Å²) in [6.45, 7) is 0. The number of para-hydroxylation sites is 2. The molecule has 1 saturated heterocycles. The minimum Gasteiger partial charge on any atom is -0.457 e. The number of carbonyl (C=O) groups excluding carboxylic acids is 2. The summed E-state index contributed by atoms with van der Waals surface area (Å²) in [7, 11) is 0. The first-order valence-electron chi connectivity index (χ1n) is 11.1. The van der Waals surface area contributed by atoms with Gasteiger partial charge in [0.05, 0.1) is 5.69 Å². The third-order valence-corrected chi connectivity index (χ3v) is 5.61. The third-order valence-electron chi connectivity index (χ3n) is 5.32. The Labute approximate surface area is 213 Å². The molecule has 6 nitrogen and oxygen atoms in total. The molecule has 0 aliphatic carbocycles. The molecule has 1 heterocycles. The molecule has 0 bridgehead atoms. The maximum Gasteiger partial charge on any atom is 0.270 e. The summed E-state index contributed by atoms with van der Waals surface area (Å²) in [5.41, 5.74) is 1.11. The van der Waals surface area contributed by atoms with Crippen LogP contribution in [0.3, 0.4) is 0 Å². The Morgan fingerprint density at radius 2 is 1.22 bits per heavy atom. The van der Waals surface area contributed by atoms with E-state index >= 15 is 0 Å².